The number of rotatable bonds is 5. The molecule has 2 N–H and O–H groups in total. The van der Waals surface area contributed by atoms with Gasteiger partial charge in [-0.2, -0.15) is 0 Å². The van der Waals surface area contributed by atoms with Crippen molar-refractivity contribution < 1.29 is 19.4 Å². The molecule has 1 unspecified atom stereocenters. The van der Waals surface area contributed by atoms with Crippen LogP contribution in [0.15, 0.2) is 24.3 Å². The lowest BCUT2D eigenvalue weighted by Crippen LogP contribution is -2.46. The maximum Gasteiger partial charge on any atom is 0.326 e. The fraction of sp³-hybridized carbons (Fsp3) is 0.467. The molecule has 114 valence electrons. The third-order valence-electron chi connectivity index (χ3n) is 3.66. The Bertz CT molecular complexity index is 518. The van der Waals surface area contributed by atoms with E-state index < -0.39 is 12.0 Å². The van der Waals surface area contributed by atoms with E-state index >= 15 is 0 Å². The third-order valence-corrected chi connectivity index (χ3v) is 3.66. The number of hydrogen-bond acceptors (Lipinski definition) is 3. The van der Waals surface area contributed by atoms with Crippen molar-refractivity contribution in [2.24, 2.45) is 0 Å². The van der Waals surface area contributed by atoms with E-state index in [0.717, 1.165) is 17.7 Å². The maximum atomic E-state index is 12.0. The number of para-hydroxylation sites is 1. The SMILES string of the molecule is COc1ccccc1CCNC(=O)N1CCCC1C(=O)O. The van der Waals surface area contributed by atoms with Gasteiger partial charge in [-0.15, -0.1) is 0 Å². The quantitative estimate of drug-likeness (QED) is 0.862. The molecule has 1 saturated heterocycles. The van der Waals surface area contributed by atoms with Crippen LogP contribution in [0.1, 0.15) is 18.4 Å². The first-order valence-electron chi connectivity index (χ1n) is 7.02. The Morgan fingerprint density at radius 1 is 1.43 bits per heavy atom. The second-order valence-corrected chi connectivity index (χ2v) is 4.98. The van der Waals surface area contributed by atoms with Gasteiger partial charge in [-0.3, -0.25) is 0 Å². The van der Waals surface area contributed by atoms with Crippen molar-refractivity contribution in [1.82, 2.24) is 10.2 Å². The first-order valence-corrected chi connectivity index (χ1v) is 7.02. The van der Waals surface area contributed by atoms with Gasteiger partial charge < -0.3 is 20.1 Å². The Morgan fingerprint density at radius 3 is 2.90 bits per heavy atom. The van der Waals surface area contributed by atoms with Gasteiger partial charge in [-0.25, -0.2) is 9.59 Å². The molecule has 1 atom stereocenters. The molecular weight excluding hydrogens is 272 g/mol. The van der Waals surface area contributed by atoms with E-state index in [9.17, 15) is 9.59 Å². The number of ether oxygens (including phenoxy) is 1. The number of aliphatic carboxylic acids is 1. The molecule has 0 spiro atoms. The third kappa shape index (κ3) is 3.65. The van der Waals surface area contributed by atoms with E-state index in [2.05, 4.69) is 5.32 Å². The highest BCUT2D eigenvalue weighted by molar-refractivity contribution is 5.83. The summed E-state index contributed by atoms with van der Waals surface area (Å²) in [7, 11) is 1.61. The predicted octanol–water partition coefficient (Wildman–Crippen LogP) is 1.50. The molecular formula is C15H20N2O4. The molecule has 0 aromatic heterocycles. The van der Waals surface area contributed by atoms with E-state index in [1.807, 2.05) is 24.3 Å². The van der Waals surface area contributed by atoms with Crippen molar-refractivity contribution in [1.29, 1.82) is 0 Å². The number of nitrogens with zero attached hydrogens (tertiary/aromatic N) is 1. The van der Waals surface area contributed by atoms with Gasteiger partial charge in [0.05, 0.1) is 7.11 Å². The summed E-state index contributed by atoms with van der Waals surface area (Å²) in [5, 5.41) is 11.8. The van der Waals surface area contributed by atoms with Gasteiger partial charge >= 0.3 is 12.0 Å². The van der Waals surface area contributed by atoms with Crippen LogP contribution in [0.4, 0.5) is 4.79 Å². The molecule has 0 bridgehead atoms. The van der Waals surface area contributed by atoms with Crippen molar-refractivity contribution in [2.45, 2.75) is 25.3 Å². The van der Waals surface area contributed by atoms with Crippen molar-refractivity contribution in [2.75, 3.05) is 20.2 Å². The molecule has 2 amide bonds. The topological polar surface area (TPSA) is 78.9 Å². The Hall–Kier alpha value is -2.24. The van der Waals surface area contributed by atoms with Crippen LogP contribution >= 0.6 is 0 Å². The molecule has 0 saturated carbocycles. The highest BCUT2D eigenvalue weighted by atomic mass is 16.5. The van der Waals surface area contributed by atoms with Gasteiger partial charge in [0.15, 0.2) is 0 Å². The fourth-order valence-corrected chi connectivity index (χ4v) is 2.58. The Labute approximate surface area is 123 Å². The summed E-state index contributed by atoms with van der Waals surface area (Å²) in [6.45, 7) is 0.944. The van der Waals surface area contributed by atoms with Crippen LogP contribution < -0.4 is 10.1 Å². The molecule has 6 heteroatoms. The zero-order valence-corrected chi connectivity index (χ0v) is 12.0. The number of methoxy groups -OCH3 is 1. The summed E-state index contributed by atoms with van der Waals surface area (Å²) in [6, 6.07) is 6.62. The van der Waals surface area contributed by atoms with Crippen LogP contribution in [-0.4, -0.2) is 48.2 Å². The molecule has 1 heterocycles. The number of likely N-dealkylation sites (tertiary alicyclic amines) is 1. The molecule has 0 radical (unpaired) electrons. The molecule has 1 aromatic carbocycles. The highest BCUT2D eigenvalue weighted by Crippen LogP contribution is 2.18. The van der Waals surface area contributed by atoms with Crippen molar-refractivity contribution in [3.05, 3.63) is 29.8 Å². The minimum Gasteiger partial charge on any atom is -0.496 e. The number of nitrogens with one attached hydrogen (secondary N) is 1. The summed E-state index contributed by atoms with van der Waals surface area (Å²) >= 11 is 0. The van der Waals surface area contributed by atoms with Gasteiger partial charge in [-0.1, -0.05) is 18.2 Å². The van der Waals surface area contributed by atoms with E-state index in [-0.39, 0.29) is 6.03 Å². The average molecular weight is 292 g/mol. The summed E-state index contributed by atoms with van der Waals surface area (Å²) in [6.07, 6.45) is 1.90. The predicted molar refractivity (Wildman–Crippen MR) is 77.5 cm³/mol. The van der Waals surface area contributed by atoms with E-state index in [1.54, 1.807) is 7.11 Å². The van der Waals surface area contributed by atoms with Crippen molar-refractivity contribution in [3.63, 3.8) is 0 Å². The molecule has 1 aromatic rings. The molecule has 1 aliphatic heterocycles. The molecule has 21 heavy (non-hydrogen) atoms. The summed E-state index contributed by atoms with van der Waals surface area (Å²) in [4.78, 5) is 24.5. The average Bonchev–Trinajstić information content (AvgIpc) is 2.97. The van der Waals surface area contributed by atoms with Crippen LogP contribution in [0, 0.1) is 0 Å². The number of carbonyl (C=O) groups is 2. The second kappa shape index (κ2) is 6.97. The lowest BCUT2D eigenvalue weighted by Gasteiger charge is -2.21. The van der Waals surface area contributed by atoms with Crippen molar-refractivity contribution in [3.8, 4) is 5.75 Å². The maximum absolute atomic E-state index is 12.0. The number of carboxylic acid groups (broad SMARTS) is 1. The van der Waals surface area contributed by atoms with Crippen LogP contribution in [0.3, 0.4) is 0 Å². The zero-order chi connectivity index (χ0) is 15.2. The lowest BCUT2D eigenvalue weighted by molar-refractivity contribution is -0.141. The van der Waals surface area contributed by atoms with Crippen molar-refractivity contribution >= 4 is 12.0 Å². The molecule has 2 rings (SSSR count). The van der Waals surface area contributed by atoms with Crippen LogP contribution in [-0.2, 0) is 11.2 Å². The van der Waals surface area contributed by atoms with Gasteiger partial charge in [0, 0.05) is 13.1 Å². The number of hydrogen-bond donors (Lipinski definition) is 2. The fourth-order valence-electron chi connectivity index (χ4n) is 2.58. The van der Waals surface area contributed by atoms with E-state index in [0.29, 0.717) is 25.9 Å². The minimum absolute atomic E-state index is 0.310. The Kier molecular flexibility index (Phi) is 5.03. The lowest BCUT2D eigenvalue weighted by atomic mass is 10.1. The number of urea groups is 1. The van der Waals surface area contributed by atoms with Crippen LogP contribution in [0.2, 0.25) is 0 Å². The summed E-state index contributed by atoms with van der Waals surface area (Å²) in [5.41, 5.74) is 1.01. The first kappa shape index (κ1) is 15.2. The number of carboxylic acids is 1. The smallest absolute Gasteiger partial charge is 0.326 e. The second-order valence-electron chi connectivity index (χ2n) is 4.98. The van der Waals surface area contributed by atoms with Gasteiger partial charge in [0.25, 0.3) is 0 Å². The van der Waals surface area contributed by atoms with Gasteiger partial charge in [0.1, 0.15) is 11.8 Å². The van der Waals surface area contributed by atoms with E-state index in [1.165, 1.54) is 4.90 Å². The summed E-state index contributed by atoms with van der Waals surface area (Å²) < 4.78 is 5.25. The Morgan fingerprint density at radius 2 is 2.19 bits per heavy atom. The largest absolute Gasteiger partial charge is 0.496 e. The highest BCUT2D eigenvalue weighted by Gasteiger charge is 2.33. The minimum atomic E-state index is -0.938. The van der Waals surface area contributed by atoms with Crippen LogP contribution in [0.5, 0.6) is 5.75 Å². The van der Waals surface area contributed by atoms with Gasteiger partial charge in [-0.05, 0) is 30.9 Å². The first-order chi connectivity index (χ1) is 10.1. The van der Waals surface area contributed by atoms with Crippen LogP contribution in [0.25, 0.3) is 0 Å². The monoisotopic (exact) mass is 292 g/mol. The zero-order valence-electron chi connectivity index (χ0n) is 12.0. The molecule has 6 nitrogen and oxygen atoms in total. The molecule has 1 aliphatic rings. The standard InChI is InChI=1S/C15H20N2O4/c1-21-13-7-3-2-5-11(13)8-9-16-15(20)17-10-4-6-12(17)14(18)19/h2-3,5,7,12H,4,6,8-10H2,1H3,(H,16,20)(H,18,19). The Balaban J connectivity index is 1.85. The number of benzene rings is 1. The molecule has 1 fully saturated rings. The number of carbonyl (C=O) groups excluding carboxylic acids is 1. The number of amides is 2. The summed E-state index contributed by atoms with van der Waals surface area (Å²) in [5.74, 6) is -0.149. The molecule has 0 aliphatic carbocycles. The van der Waals surface area contributed by atoms with Gasteiger partial charge in [0.2, 0.25) is 0 Å². The van der Waals surface area contributed by atoms with E-state index in [4.69, 9.17) is 9.84 Å². The normalized spacial score (nSPS) is 17.6.